The summed E-state index contributed by atoms with van der Waals surface area (Å²) in [4.78, 5) is 3.98. The normalized spacial score (nSPS) is 19.3. The van der Waals surface area contributed by atoms with Crippen molar-refractivity contribution in [1.29, 1.82) is 10.7 Å². The van der Waals surface area contributed by atoms with Gasteiger partial charge in [-0.05, 0) is 82.6 Å². The van der Waals surface area contributed by atoms with Crippen LogP contribution in [0.1, 0.15) is 31.4 Å². The fourth-order valence-electron chi connectivity index (χ4n) is 6.94. The first-order chi connectivity index (χ1) is 23.0. The molecule has 1 heterocycles. The summed E-state index contributed by atoms with van der Waals surface area (Å²) in [5.41, 5.74) is -3.96. The number of allylic oxidation sites excluding steroid dienone is 4. The van der Waals surface area contributed by atoms with E-state index in [1.165, 1.54) is 29.5 Å². The van der Waals surface area contributed by atoms with E-state index >= 15 is 4.39 Å². The Bertz CT molecular complexity index is 2590. The molecule has 0 aliphatic heterocycles. The summed E-state index contributed by atoms with van der Waals surface area (Å²) in [6, 6.07) is 10.7. The van der Waals surface area contributed by atoms with Gasteiger partial charge in [0, 0.05) is 21.5 Å². The molecule has 5 aromatic carbocycles. The molecule has 49 heavy (non-hydrogen) atoms. The SMILES string of the molecule is CCC1C=C(c2ccc3c(c2)c(=N)c2sc4c(=NC#N)c5cc(-c6cc(F)c(C(F)(F)F)c(F)c6)ccc5c4c23)C=C(F)C1(C)C(F)(F)F. The molecule has 1 aliphatic rings. The Hall–Kier alpha value is -4.96. The zero-order valence-electron chi connectivity index (χ0n) is 25.3. The van der Waals surface area contributed by atoms with Gasteiger partial charge in [0.15, 0.2) is 0 Å². The number of nitrogens with one attached hydrogen (secondary N) is 1. The molecule has 3 nitrogen and oxygen atoms in total. The molecule has 6 aromatic rings. The van der Waals surface area contributed by atoms with Gasteiger partial charge in [0.25, 0.3) is 0 Å². The molecule has 0 spiro atoms. The van der Waals surface area contributed by atoms with Crippen LogP contribution in [0.3, 0.4) is 0 Å². The van der Waals surface area contributed by atoms with Gasteiger partial charge in [-0.1, -0.05) is 37.3 Å². The molecule has 13 heteroatoms. The summed E-state index contributed by atoms with van der Waals surface area (Å²) in [6.07, 6.45) is -5.95. The van der Waals surface area contributed by atoms with Crippen LogP contribution in [-0.4, -0.2) is 6.18 Å². The van der Waals surface area contributed by atoms with E-state index in [0.29, 0.717) is 59.4 Å². The molecule has 0 amide bonds. The van der Waals surface area contributed by atoms with Crippen molar-refractivity contribution in [3.05, 3.63) is 100.0 Å². The van der Waals surface area contributed by atoms with E-state index in [9.17, 15) is 40.4 Å². The van der Waals surface area contributed by atoms with Crippen LogP contribution in [0.5, 0.6) is 0 Å². The summed E-state index contributed by atoms with van der Waals surface area (Å²) in [6.45, 7) is 2.41. The molecule has 1 aliphatic carbocycles. The van der Waals surface area contributed by atoms with Crippen molar-refractivity contribution in [2.24, 2.45) is 16.3 Å². The Morgan fingerprint density at radius 1 is 0.837 bits per heavy atom. The van der Waals surface area contributed by atoms with Gasteiger partial charge in [-0.25, -0.2) is 13.2 Å². The highest BCUT2D eigenvalue weighted by Crippen LogP contribution is 2.55. The van der Waals surface area contributed by atoms with Crippen molar-refractivity contribution < 1.29 is 39.5 Å². The lowest BCUT2D eigenvalue weighted by Crippen LogP contribution is -2.43. The second-order valence-corrected chi connectivity index (χ2v) is 13.1. The van der Waals surface area contributed by atoms with Gasteiger partial charge in [-0.2, -0.15) is 36.6 Å². The number of alkyl halides is 6. The fraction of sp³-hybridized carbons (Fsp3) is 0.194. The van der Waals surface area contributed by atoms with Crippen molar-refractivity contribution in [2.45, 2.75) is 32.6 Å². The minimum absolute atomic E-state index is 0.0431. The second-order valence-electron chi connectivity index (χ2n) is 12.1. The molecule has 0 radical (unpaired) electrons. The molecular formula is C36H20F9N3S. The van der Waals surface area contributed by atoms with Gasteiger partial charge in [-0.15, -0.1) is 11.3 Å². The average Bonchev–Trinajstić information content (AvgIpc) is 3.63. The molecule has 0 fully saturated rings. The van der Waals surface area contributed by atoms with Crippen molar-refractivity contribution in [3.63, 3.8) is 0 Å². The Kier molecular flexibility index (Phi) is 7.16. The lowest BCUT2D eigenvalue weighted by molar-refractivity contribution is -0.222. The standard InChI is InChI=1S/C36H20F9N3S/c1-3-19-8-17(13-26(39)34(19,2)36(43,44)45)15-4-6-20-22(9-15)30(47)32-27(20)28-21-7-5-16(10-23(21)31(48-14-46)33(28)49-32)18-11-24(37)29(25(38)12-18)35(40,41)42/h4-13,19,47H,3H2,1-2H3. The lowest BCUT2D eigenvalue weighted by atomic mass is 9.69. The van der Waals surface area contributed by atoms with Crippen LogP contribution in [0.25, 0.3) is 58.4 Å². The highest BCUT2D eigenvalue weighted by atomic mass is 32.1. The van der Waals surface area contributed by atoms with E-state index in [1.807, 2.05) is 0 Å². The van der Waals surface area contributed by atoms with Crippen LogP contribution >= 0.6 is 11.3 Å². The summed E-state index contributed by atoms with van der Waals surface area (Å²) in [5.74, 6) is -6.00. The van der Waals surface area contributed by atoms with E-state index in [4.69, 9.17) is 5.41 Å². The number of nitrogens with zero attached hydrogens (tertiary/aromatic N) is 2. The summed E-state index contributed by atoms with van der Waals surface area (Å²) < 4.78 is 126. The molecule has 0 saturated heterocycles. The zero-order chi connectivity index (χ0) is 35.4. The minimum atomic E-state index is -5.23. The molecule has 1 aromatic heterocycles. The Morgan fingerprint density at radius 2 is 1.43 bits per heavy atom. The summed E-state index contributed by atoms with van der Waals surface area (Å²) in [7, 11) is 0. The van der Waals surface area contributed by atoms with Crippen molar-refractivity contribution in [1.82, 2.24) is 0 Å². The number of hydrogen-bond acceptors (Lipinski definition) is 4. The largest absolute Gasteiger partial charge is 0.422 e. The summed E-state index contributed by atoms with van der Waals surface area (Å²) in [5, 5.41) is 22.2. The first kappa shape index (κ1) is 32.6. The molecule has 2 unspecified atom stereocenters. The Labute approximate surface area is 274 Å². The zero-order valence-corrected chi connectivity index (χ0v) is 26.1. The van der Waals surface area contributed by atoms with Crippen molar-refractivity contribution >= 4 is 58.6 Å². The molecule has 7 rings (SSSR count). The van der Waals surface area contributed by atoms with Gasteiger partial charge in [0.05, 0.1) is 14.8 Å². The number of hydrogen-bond donors (Lipinski definition) is 1. The maximum absolute atomic E-state index is 15.2. The quantitative estimate of drug-likeness (QED) is 0.145. The van der Waals surface area contributed by atoms with Gasteiger partial charge < -0.3 is 0 Å². The van der Waals surface area contributed by atoms with Crippen LogP contribution in [-0.2, 0) is 6.18 Å². The predicted molar refractivity (Wildman–Crippen MR) is 169 cm³/mol. The second kappa shape index (κ2) is 10.8. The van der Waals surface area contributed by atoms with Gasteiger partial charge in [-0.3, -0.25) is 5.41 Å². The van der Waals surface area contributed by atoms with Crippen LogP contribution in [0, 0.1) is 39.8 Å². The smallest absolute Gasteiger partial charge is 0.299 e. The highest BCUT2D eigenvalue weighted by Gasteiger charge is 2.59. The topological polar surface area (TPSA) is 60.0 Å². The van der Waals surface area contributed by atoms with E-state index in [-0.39, 0.29) is 33.8 Å². The molecule has 1 N–H and O–H groups in total. The predicted octanol–water partition coefficient (Wildman–Crippen LogP) is 10.9. The molecule has 0 bridgehead atoms. The number of thiophene rings is 1. The molecule has 0 saturated carbocycles. The fourth-order valence-corrected chi connectivity index (χ4v) is 8.23. The third-order valence-corrected chi connectivity index (χ3v) is 10.8. The van der Waals surface area contributed by atoms with Crippen molar-refractivity contribution in [2.75, 3.05) is 0 Å². The van der Waals surface area contributed by atoms with E-state index < -0.39 is 46.7 Å². The number of benzene rings is 3. The van der Waals surface area contributed by atoms with Gasteiger partial charge in [0.1, 0.15) is 33.8 Å². The van der Waals surface area contributed by atoms with Crippen molar-refractivity contribution in [3.8, 4) is 17.3 Å². The molecule has 2 atom stereocenters. The third-order valence-electron chi connectivity index (χ3n) is 9.54. The van der Waals surface area contributed by atoms with Crippen LogP contribution in [0.2, 0.25) is 0 Å². The van der Waals surface area contributed by atoms with E-state index in [0.717, 1.165) is 13.0 Å². The Balaban J connectivity index is 1.41. The number of nitriles is 1. The van der Waals surface area contributed by atoms with Gasteiger partial charge in [0.2, 0.25) is 6.19 Å². The highest BCUT2D eigenvalue weighted by molar-refractivity contribution is 7.26. The van der Waals surface area contributed by atoms with Crippen LogP contribution < -0.4 is 10.7 Å². The maximum atomic E-state index is 15.2. The average molecular weight is 698 g/mol. The number of rotatable bonds is 3. The first-order valence-corrected chi connectivity index (χ1v) is 15.6. The monoisotopic (exact) mass is 697 g/mol. The first-order valence-electron chi connectivity index (χ1n) is 14.8. The number of fused-ring (bicyclic) bond motifs is 7. The van der Waals surface area contributed by atoms with E-state index in [1.54, 1.807) is 37.4 Å². The van der Waals surface area contributed by atoms with E-state index in [2.05, 4.69) is 4.99 Å². The lowest BCUT2D eigenvalue weighted by Gasteiger charge is -2.39. The van der Waals surface area contributed by atoms with Crippen LogP contribution in [0.4, 0.5) is 39.5 Å². The maximum Gasteiger partial charge on any atom is 0.422 e. The molecule has 248 valence electrons. The molecular weight excluding hydrogens is 677 g/mol. The number of halogens is 9. The van der Waals surface area contributed by atoms with Gasteiger partial charge >= 0.3 is 12.4 Å². The van der Waals surface area contributed by atoms with Crippen LogP contribution in [0.15, 0.2) is 71.5 Å². The summed E-state index contributed by atoms with van der Waals surface area (Å²) >= 11 is 1.18. The Morgan fingerprint density at radius 3 is 2.02 bits per heavy atom. The third kappa shape index (κ3) is 4.64. The minimum Gasteiger partial charge on any atom is -0.299 e.